The molecule has 0 bridgehead atoms. The van der Waals surface area contributed by atoms with Gasteiger partial charge in [-0.1, -0.05) is 18.2 Å². The number of carboxylic acids is 1. The third-order valence-electron chi connectivity index (χ3n) is 3.27. The maximum atomic E-state index is 11.0. The summed E-state index contributed by atoms with van der Waals surface area (Å²) in [6.07, 6.45) is 1.16. The van der Waals surface area contributed by atoms with Gasteiger partial charge in [0.15, 0.2) is 0 Å². The third kappa shape index (κ3) is 5.29. The lowest BCUT2D eigenvalue weighted by Crippen LogP contribution is -2.33. The number of unbranched alkanes of at least 4 members (excludes halogenated alkanes) is 1. The van der Waals surface area contributed by atoms with Gasteiger partial charge in [-0.15, -0.1) is 21.9 Å². The fourth-order valence-electron chi connectivity index (χ4n) is 2.15. The number of para-hydroxylation sites is 1. The first-order chi connectivity index (χ1) is 11.1. The predicted octanol–water partition coefficient (Wildman–Crippen LogP) is 1.84. The average Bonchev–Trinajstić information content (AvgIpc) is 3.01. The van der Waals surface area contributed by atoms with E-state index in [0.29, 0.717) is 31.0 Å². The van der Waals surface area contributed by atoms with Crippen molar-refractivity contribution in [2.75, 3.05) is 19.0 Å². The van der Waals surface area contributed by atoms with Crippen LogP contribution in [-0.2, 0) is 9.63 Å². The van der Waals surface area contributed by atoms with Crippen LogP contribution in [0.25, 0.3) is 0 Å². The van der Waals surface area contributed by atoms with Crippen molar-refractivity contribution in [1.82, 2.24) is 5.32 Å². The highest BCUT2D eigenvalue weighted by Crippen LogP contribution is 2.37. The van der Waals surface area contributed by atoms with Crippen LogP contribution in [0.3, 0.4) is 0 Å². The van der Waals surface area contributed by atoms with Crippen molar-refractivity contribution in [1.29, 1.82) is 0 Å². The minimum absolute atomic E-state index is 0.0539. The number of hydrogen-bond acceptors (Lipinski definition) is 7. The lowest BCUT2D eigenvalue weighted by Gasteiger charge is -2.16. The lowest BCUT2D eigenvalue weighted by molar-refractivity contribution is -0.757. The van der Waals surface area contributed by atoms with Gasteiger partial charge in [-0.3, -0.25) is 10.1 Å². The minimum Gasteiger partial charge on any atom is -0.493 e. The molecule has 0 spiro atoms. The molecule has 1 aromatic rings. The van der Waals surface area contributed by atoms with E-state index in [0.717, 1.165) is 5.56 Å². The normalized spacial score (nSPS) is 20.2. The molecule has 1 aliphatic rings. The van der Waals surface area contributed by atoms with Crippen LogP contribution in [0.5, 0.6) is 5.75 Å². The van der Waals surface area contributed by atoms with Crippen LogP contribution in [0.1, 0.15) is 23.8 Å². The smallest absolute Gasteiger partial charge is 0.321 e. The van der Waals surface area contributed by atoms with Gasteiger partial charge in [-0.2, -0.15) is 0 Å². The highest BCUT2D eigenvalue weighted by molar-refractivity contribution is 7.99. The third-order valence-corrected chi connectivity index (χ3v) is 4.52. The Balaban J connectivity index is 1.83. The summed E-state index contributed by atoms with van der Waals surface area (Å²) >= 11 is 1.53. The molecule has 0 radical (unpaired) electrons. The second-order valence-electron chi connectivity index (χ2n) is 4.92. The van der Waals surface area contributed by atoms with Gasteiger partial charge in [0.1, 0.15) is 11.8 Å². The zero-order valence-corrected chi connectivity index (χ0v) is 13.2. The van der Waals surface area contributed by atoms with E-state index in [9.17, 15) is 14.9 Å². The first-order valence-electron chi connectivity index (χ1n) is 7.17. The number of thioether (sulfide) groups is 1. The highest BCUT2D eigenvalue weighted by atomic mass is 32.2. The minimum atomic E-state index is -0.857. The molecule has 1 fully saturated rings. The Morgan fingerprint density at radius 3 is 2.83 bits per heavy atom. The molecule has 2 rings (SSSR count). The summed E-state index contributed by atoms with van der Waals surface area (Å²) in [6, 6.07) is 6.91. The van der Waals surface area contributed by atoms with Gasteiger partial charge in [0.25, 0.3) is 5.09 Å². The Morgan fingerprint density at radius 2 is 2.13 bits per heavy atom. The Hall–Kier alpha value is -2.00. The molecule has 9 heteroatoms. The van der Waals surface area contributed by atoms with Crippen molar-refractivity contribution >= 4 is 17.7 Å². The van der Waals surface area contributed by atoms with E-state index >= 15 is 0 Å². The van der Waals surface area contributed by atoms with Crippen LogP contribution in [0.2, 0.25) is 0 Å². The number of nitrogens with zero attached hydrogens (tertiary/aromatic N) is 1. The summed E-state index contributed by atoms with van der Waals surface area (Å²) in [5.41, 5.74) is 0.905. The summed E-state index contributed by atoms with van der Waals surface area (Å²) in [5, 5.41) is 21.2. The Bertz CT molecular complexity index is 556. The fourth-order valence-corrected chi connectivity index (χ4v) is 3.41. The number of rotatable bonds is 9. The van der Waals surface area contributed by atoms with Crippen molar-refractivity contribution in [3.8, 4) is 5.75 Å². The average molecular weight is 342 g/mol. The fraction of sp³-hybridized carbons (Fsp3) is 0.500. The van der Waals surface area contributed by atoms with Gasteiger partial charge < -0.3 is 14.7 Å². The van der Waals surface area contributed by atoms with E-state index in [1.54, 1.807) is 0 Å². The zero-order valence-electron chi connectivity index (χ0n) is 12.3. The van der Waals surface area contributed by atoms with Crippen LogP contribution in [0.4, 0.5) is 0 Å². The van der Waals surface area contributed by atoms with Crippen molar-refractivity contribution in [2.24, 2.45) is 0 Å². The molecule has 0 amide bonds. The van der Waals surface area contributed by atoms with Crippen molar-refractivity contribution < 1.29 is 24.6 Å². The maximum Gasteiger partial charge on any atom is 0.321 e. The molecule has 1 aliphatic heterocycles. The number of nitrogens with one attached hydrogen (secondary N) is 1. The van der Waals surface area contributed by atoms with Crippen LogP contribution >= 0.6 is 11.8 Å². The van der Waals surface area contributed by atoms with E-state index in [2.05, 4.69) is 10.2 Å². The Kier molecular flexibility index (Phi) is 6.48. The number of hydrogen-bond donors (Lipinski definition) is 2. The Labute approximate surface area is 137 Å². The van der Waals surface area contributed by atoms with E-state index in [4.69, 9.17) is 9.84 Å². The predicted molar refractivity (Wildman–Crippen MR) is 83.9 cm³/mol. The molecule has 23 heavy (non-hydrogen) atoms. The van der Waals surface area contributed by atoms with Crippen molar-refractivity contribution in [3.63, 3.8) is 0 Å². The van der Waals surface area contributed by atoms with Gasteiger partial charge >= 0.3 is 5.97 Å². The number of benzene rings is 1. The standard InChI is InChI=1S/C14H18N2O6S/c17-14(18)11-9-23-13(15-11)10-5-1-2-6-12(10)21-7-3-4-8-22-16(19)20/h1-2,5-6,11,13,15H,3-4,7-9H2,(H,17,18). The quantitative estimate of drug-likeness (QED) is 0.397. The summed E-state index contributed by atoms with van der Waals surface area (Å²) < 4.78 is 5.73. The second kappa shape index (κ2) is 8.59. The van der Waals surface area contributed by atoms with Crippen LogP contribution in [0.15, 0.2) is 24.3 Å². The Morgan fingerprint density at radius 1 is 1.39 bits per heavy atom. The van der Waals surface area contributed by atoms with Gasteiger partial charge in [0.2, 0.25) is 0 Å². The van der Waals surface area contributed by atoms with Crippen molar-refractivity contribution in [2.45, 2.75) is 24.3 Å². The van der Waals surface area contributed by atoms with Gasteiger partial charge in [0.05, 0.1) is 18.6 Å². The van der Waals surface area contributed by atoms with E-state index in [1.807, 2.05) is 24.3 Å². The second-order valence-corrected chi connectivity index (χ2v) is 6.06. The molecule has 0 aliphatic carbocycles. The van der Waals surface area contributed by atoms with E-state index in [1.165, 1.54) is 11.8 Å². The van der Waals surface area contributed by atoms with E-state index < -0.39 is 17.1 Å². The largest absolute Gasteiger partial charge is 0.493 e. The molecule has 2 atom stereocenters. The summed E-state index contributed by atoms with van der Waals surface area (Å²) in [7, 11) is 0. The number of carbonyl (C=O) groups is 1. The van der Waals surface area contributed by atoms with Gasteiger partial charge in [0, 0.05) is 11.3 Å². The molecule has 126 valence electrons. The number of aliphatic carboxylic acids is 1. The first-order valence-corrected chi connectivity index (χ1v) is 8.22. The SMILES string of the molecule is O=C(O)C1CSC(c2ccccc2OCCCCO[N+](=O)[O-])N1. The molecule has 2 unspecified atom stereocenters. The van der Waals surface area contributed by atoms with Crippen LogP contribution < -0.4 is 10.1 Å². The molecule has 2 N–H and O–H groups in total. The lowest BCUT2D eigenvalue weighted by atomic mass is 10.2. The number of ether oxygens (including phenoxy) is 1. The van der Waals surface area contributed by atoms with Gasteiger partial charge in [-0.25, -0.2) is 0 Å². The maximum absolute atomic E-state index is 11.0. The van der Waals surface area contributed by atoms with E-state index in [-0.39, 0.29) is 12.0 Å². The highest BCUT2D eigenvalue weighted by Gasteiger charge is 2.31. The molecule has 0 saturated carbocycles. The molecular weight excluding hydrogens is 324 g/mol. The first kappa shape index (κ1) is 17.4. The molecule has 1 saturated heterocycles. The summed E-state index contributed by atoms with van der Waals surface area (Å²) in [4.78, 5) is 25.3. The van der Waals surface area contributed by atoms with Crippen LogP contribution in [0, 0.1) is 10.1 Å². The van der Waals surface area contributed by atoms with Crippen molar-refractivity contribution in [3.05, 3.63) is 39.9 Å². The molecule has 1 heterocycles. The monoisotopic (exact) mass is 342 g/mol. The zero-order chi connectivity index (χ0) is 16.7. The number of carboxylic acid groups (broad SMARTS) is 1. The molecular formula is C14H18N2O6S. The van der Waals surface area contributed by atoms with Crippen LogP contribution in [-0.4, -0.2) is 41.2 Å². The van der Waals surface area contributed by atoms with Gasteiger partial charge in [-0.05, 0) is 18.9 Å². The molecule has 8 nitrogen and oxygen atoms in total. The summed E-state index contributed by atoms with van der Waals surface area (Å²) in [5.74, 6) is 0.343. The molecule has 1 aromatic carbocycles. The topological polar surface area (TPSA) is 111 Å². The summed E-state index contributed by atoms with van der Waals surface area (Å²) in [6.45, 7) is 0.468. The molecule has 0 aromatic heterocycles.